The van der Waals surface area contributed by atoms with Crippen LogP contribution in [0.2, 0.25) is 0 Å². The fraction of sp³-hybridized carbons (Fsp3) is 0.182. The number of benzene rings is 3. The highest BCUT2D eigenvalue weighted by atomic mass is 127. The Hall–Kier alpha value is -1.81. The van der Waals surface area contributed by atoms with Gasteiger partial charge in [-0.3, -0.25) is 0 Å². The molecule has 0 amide bonds. The summed E-state index contributed by atoms with van der Waals surface area (Å²) < 4.78 is 7.46. The average molecular weight is 426 g/mol. The van der Waals surface area contributed by atoms with Crippen molar-refractivity contribution >= 4 is 22.6 Å². The second kappa shape index (κ2) is 5.62. The largest absolute Gasteiger partial charge is 0.456 e. The third-order valence-corrected chi connectivity index (χ3v) is 5.74. The molecular weight excluding hydrogens is 407 g/mol. The zero-order chi connectivity index (χ0) is 16.9. The molecule has 0 fully saturated rings. The summed E-state index contributed by atoms with van der Waals surface area (Å²) in [5.41, 5.74) is 6.52. The van der Waals surface area contributed by atoms with Gasteiger partial charge in [0.05, 0.1) is 3.57 Å². The summed E-state index contributed by atoms with van der Waals surface area (Å²) in [5.74, 6) is 1.87. The van der Waals surface area contributed by atoms with Crippen LogP contribution in [0.25, 0.3) is 11.1 Å². The van der Waals surface area contributed by atoms with Gasteiger partial charge in [-0.05, 0) is 64.4 Å². The first-order chi connectivity index (χ1) is 11.5. The van der Waals surface area contributed by atoms with Crippen molar-refractivity contribution in [2.75, 3.05) is 0 Å². The van der Waals surface area contributed by atoms with E-state index in [1.54, 1.807) is 0 Å². The van der Waals surface area contributed by atoms with Crippen LogP contribution in [0.3, 0.4) is 0 Å². The second-order valence-electron chi connectivity index (χ2n) is 6.89. The molecule has 0 saturated heterocycles. The molecule has 2 heteroatoms. The summed E-state index contributed by atoms with van der Waals surface area (Å²) in [7, 11) is 0. The van der Waals surface area contributed by atoms with Gasteiger partial charge in [-0.25, -0.2) is 0 Å². The first kappa shape index (κ1) is 15.7. The van der Waals surface area contributed by atoms with Gasteiger partial charge in [0.1, 0.15) is 11.5 Å². The Labute approximate surface area is 156 Å². The molecule has 3 aromatic rings. The van der Waals surface area contributed by atoms with Gasteiger partial charge in [-0.15, -0.1) is 0 Å². The number of halogens is 1. The van der Waals surface area contributed by atoms with Crippen LogP contribution in [0.4, 0.5) is 0 Å². The molecule has 24 heavy (non-hydrogen) atoms. The van der Waals surface area contributed by atoms with E-state index in [0.29, 0.717) is 0 Å². The molecule has 0 heterocycles. The normalized spacial score (nSPS) is 14.2. The lowest BCUT2D eigenvalue weighted by molar-refractivity contribution is 0.462. The number of aryl methyl sites for hydroxylation is 1. The predicted molar refractivity (Wildman–Crippen MR) is 108 cm³/mol. The highest BCUT2D eigenvalue weighted by Crippen LogP contribution is 2.53. The second-order valence-corrected chi connectivity index (χ2v) is 8.05. The highest BCUT2D eigenvalue weighted by Gasteiger charge is 2.38. The molecule has 0 aliphatic heterocycles. The Balaban J connectivity index is 1.90. The molecule has 0 radical (unpaired) electrons. The minimum absolute atomic E-state index is 0.0603. The van der Waals surface area contributed by atoms with E-state index < -0.39 is 0 Å². The van der Waals surface area contributed by atoms with E-state index in [-0.39, 0.29) is 5.41 Å². The third kappa shape index (κ3) is 2.35. The van der Waals surface area contributed by atoms with Crippen LogP contribution in [-0.2, 0) is 5.41 Å². The molecule has 1 aliphatic carbocycles. The maximum atomic E-state index is 6.34. The fourth-order valence-electron chi connectivity index (χ4n) is 3.69. The van der Waals surface area contributed by atoms with E-state index in [4.69, 9.17) is 4.74 Å². The molecule has 0 N–H and O–H groups in total. The Morgan fingerprint density at radius 1 is 0.833 bits per heavy atom. The van der Waals surface area contributed by atoms with Crippen molar-refractivity contribution in [3.63, 3.8) is 0 Å². The van der Waals surface area contributed by atoms with Gasteiger partial charge in [0.2, 0.25) is 0 Å². The summed E-state index contributed by atoms with van der Waals surface area (Å²) in [4.78, 5) is 0. The van der Waals surface area contributed by atoms with Crippen LogP contribution >= 0.6 is 22.6 Å². The number of rotatable bonds is 2. The zero-order valence-corrected chi connectivity index (χ0v) is 16.2. The van der Waals surface area contributed by atoms with Gasteiger partial charge < -0.3 is 4.74 Å². The maximum absolute atomic E-state index is 6.34. The summed E-state index contributed by atoms with van der Waals surface area (Å²) in [6.45, 7) is 6.73. The maximum Gasteiger partial charge on any atom is 0.140 e. The molecule has 0 spiro atoms. The summed E-state index contributed by atoms with van der Waals surface area (Å²) >= 11 is 2.32. The summed E-state index contributed by atoms with van der Waals surface area (Å²) in [5, 5.41) is 0. The lowest BCUT2D eigenvalue weighted by Gasteiger charge is -2.24. The summed E-state index contributed by atoms with van der Waals surface area (Å²) in [6.07, 6.45) is 0. The van der Waals surface area contributed by atoms with Crippen molar-refractivity contribution in [2.45, 2.75) is 26.2 Å². The minimum Gasteiger partial charge on any atom is -0.456 e. The van der Waals surface area contributed by atoms with E-state index in [2.05, 4.69) is 85.8 Å². The molecule has 0 unspecified atom stereocenters. The van der Waals surface area contributed by atoms with Crippen LogP contribution in [0.5, 0.6) is 11.5 Å². The Morgan fingerprint density at radius 2 is 1.58 bits per heavy atom. The quantitative estimate of drug-likeness (QED) is 0.415. The third-order valence-electron chi connectivity index (χ3n) is 4.85. The van der Waals surface area contributed by atoms with Gasteiger partial charge in [-0.1, -0.05) is 61.9 Å². The molecule has 3 aromatic carbocycles. The standard InChI is InChI=1S/C22H19IO/c1-14-11-12-17-16(13-14)15-7-6-10-20(21(15)22(17,2)3)24-19-9-5-4-8-18(19)23/h4-13H,1-3H3. The first-order valence-corrected chi connectivity index (χ1v) is 9.24. The van der Waals surface area contributed by atoms with Crippen molar-refractivity contribution in [3.05, 3.63) is 80.9 Å². The molecule has 0 atom stereocenters. The van der Waals surface area contributed by atoms with Gasteiger partial charge in [0, 0.05) is 11.0 Å². The monoisotopic (exact) mass is 426 g/mol. The van der Waals surface area contributed by atoms with Gasteiger partial charge in [0.25, 0.3) is 0 Å². The van der Waals surface area contributed by atoms with Gasteiger partial charge >= 0.3 is 0 Å². The molecule has 0 aromatic heterocycles. The number of ether oxygens (including phenoxy) is 1. The van der Waals surface area contributed by atoms with Crippen molar-refractivity contribution in [2.24, 2.45) is 0 Å². The minimum atomic E-state index is -0.0603. The first-order valence-electron chi connectivity index (χ1n) is 8.16. The zero-order valence-electron chi connectivity index (χ0n) is 14.1. The number of hydrogen-bond acceptors (Lipinski definition) is 1. The van der Waals surface area contributed by atoms with Crippen molar-refractivity contribution in [1.82, 2.24) is 0 Å². The smallest absolute Gasteiger partial charge is 0.140 e. The van der Waals surface area contributed by atoms with E-state index in [1.807, 2.05) is 18.2 Å². The molecular formula is C22H19IO. The van der Waals surface area contributed by atoms with E-state index in [9.17, 15) is 0 Å². The van der Waals surface area contributed by atoms with Crippen molar-refractivity contribution in [1.29, 1.82) is 0 Å². The Kier molecular flexibility index (Phi) is 3.68. The molecule has 120 valence electrons. The lowest BCUT2D eigenvalue weighted by Crippen LogP contribution is -2.16. The van der Waals surface area contributed by atoms with Crippen molar-refractivity contribution < 1.29 is 4.74 Å². The van der Waals surface area contributed by atoms with Crippen LogP contribution in [-0.4, -0.2) is 0 Å². The SMILES string of the molecule is Cc1ccc2c(c1)-c1cccc(Oc3ccccc3I)c1C2(C)C. The van der Waals surface area contributed by atoms with Crippen LogP contribution < -0.4 is 4.74 Å². The Bertz CT molecular complexity index is 940. The van der Waals surface area contributed by atoms with Gasteiger partial charge in [0.15, 0.2) is 0 Å². The van der Waals surface area contributed by atoms with E-state index >= 15 is 0 Å². The van der Waals surface area contributed by atoms with Gasteiger partial charge in [-0.2, -0.15) is 0 Å². The molecule has 0 bridgehead atoms. The van der Waals surface area contributed by atoms with E-state index in [0.717, 1.165) is 15.1 Å². The molecule has 0 saturated carbocycles. The number of hydrogen-bond donors (Lipinski definition) is 0. The average Bonchev–Trinajstić information content (AvgIpc) is 2.78. The molecule has 4 rings (SSSR count). The predicted octanol–water partition coefficient (Wildman–Crippen LogP) is 6.70. The topological polar surface area (TPSA) is 9.23 Å². The van der Waals surface area contributed by atoms with Crippen LogP contribution in [0.15, 0.2) is 60.7 Å². The molecule has 1 aliphatic rings. The highest BCUT2D eigenvalue weighted by molar-refractivity contribution is 14.1. The lowest BCUT2D eigenvalue weighted by atomic mass is 9.82. The number of fused-ring (bicyclic) bond motifs is 3. The van der Waals surface area contributed by atoms with E-state index in [1.165, 1.54) is 27.8 Å². The Morgan fingerprint density at radius 3 is 2.38 bits per heavy atom. The number of para-hydroxylation sites is 1. The summed E-state index contributed by atoms with van der Waals surface area (Å²) in [6, 6.07) is 21.3. The van der Waals surface area contributed by atoms with Crippen LogP contribution in [0, 0.1) is 10.5 Å². The van der Waals surface area contributed by atoms with Crippen LogP contribution in [0.1, 0.15) is 30.5 Å². The van der Waals surface area contributed by atoms with Crippen molar-refractivity contribution in [3.8, 4) is 22.6 Å². The molecule has 1 nitrogen and oxygen atoms in total. The fourth-order valence-corrected chi connectivity index (χ4v) is 4.19.